The Morgan fingerprint density at radius 1 is 0.405 bits per heavy atom. The SMILES string of the molecule is CCCCCCCCc1ccc(-c2ccc(C#N)cc2)cc1.CCCCCCCCc1ccc(-c2ccccc2)cc1. The largest absolute Gasteiger partial charge is 0.192 e. The predicted octanol–water partition coefficient (Wildman–Crippen LogP) is 12.4. The molecule has 0 saturated heterocycles. The summed E-state index contributed by atoms with van der Waals surface area (Å²) in [6.45, 7) is 4.53. The topological polar surface area (TPSA) is 23.8 Å². The first kappa shape index (κ1) is 32.9. The highest BCUT2D eigenvalue weighted by molar-refractivity contribution is 5.65. The van der Waals surface area contributed by atoms with Gasteiger partial charge in [-0.3, -0.25) is 0 Å². The fourth-order valence-corrected chi connectivity index (χ4v) is 5.31. The molecule has 1 heteroatoms. The highest BCUT2D eigenvalue weighted by Crippen LogP contribution is 2.22. The van der Waals surface area contributed by atoms with Gasteiger partial charge in [0, 0.05) is 0 Å². The number of nitrogens with zero attached hydrogens (tertiary/aromatic N) is 1. The second-order valence-corrected chi connectivity index (χ2v) is 11.5. The van der Waals surface area contributed by atoms with Crippen molar-refractivity contribution < 1.29 is 0 Å². The molecular weight excluding hydrogens is 506 g/mol. The van der Waals surface area contributed by atoms with Gasteiger partial charge in [-0.05, 0) is 71.2 Å². The van der Waals surface area contributed by atoms with Gasteiger partial charge in [-0.15, -0.1) is 0 Å². The Morgan fingerprint density at radius 3 is 1.17 bits per heavy atom. The molecule has 0 heterocycles. The van der Waals surface area contributed by atoms with Gasteiger partial charge in [-0.1, -0.05) is 169 Å². The maximum Gasteiger partial charge on any atom is 0.0991 e. The van der Waals surface area contributed by atoms with Crippen molar-refractivity contribution >= 4 is 0 Å². The zero-order chi connectivity index (χ0) is 29.7. The molecule has 0 saturated carbocycles. The van der Waals surface area contributed by atoms with Gasteiger partial charge in [0.1, 0.15) is 0 Å². The summed E-state index contributed by atoms with van der Waals surface area (Å²) in [7, 11) is 0. The van der Waals surface area contributed by atoms with Crippen molar-refractivity contribution in [1.29, 1.82) is 5.26 Å². The van der Waals surface area contributed by atoms with E-state index in [1.807, 2.05) is 24.3 Å². The summed E-state index contributed by atoms with van der Waals surface area (Å²) >= 11 is 0. The summed E-state index contributed by atoms with van der Waals surface area (Å²) in [5.74, 6) is 0. The van der Waals surface area contributed by atoms with E-state index in [-0.39, 0.29) is 0 Å². The molecule has 0 aliphatic heterocycles. The standard InChI is InChI=1S/C21H25N.C20H26/c1-2-3-4-5-6-7-8-18-9-13-20(14-10-18)21-15-11-19(17-22)12-16-21;1-2-3-4-5-6-8-11-18-14-16-20(17-15-18)19-12-9-7-10-13-19/h9-16H,2-8H2,1H3;7,9-10,12-17H,2-6,8,11H2,1H3. The van der Waals surface area contributed by atoms with Crippen molar-refractivity contribution in [3.05, 3.63) is 120 Å². The number of hydrogen-bond donors (Lipinski definition) is 0. The third-order valence-corrected chi connectivity index (χ3v) is 8.00. The summed E-state index contributed by atoms with van der Waals surface area (Å²) in [6.07, 6.45) is 18.7. The molecule has 220 valence electrons. The first-order valence-electron chi connectivity index (χ1n) is 16.5. The Morgan fingerprint density at radius 2 is 0.762 bits per heavy atom. The molecule has 0 N–H and O–H groups in total. The van der Waals surface area contributed by atoms with Crippen molar-refractivity contribution in [2.24, 2.45) is 0 Å². The highest BCUT2D eigenvalue weighted by atomic mass is 14.2. The fraction of sp³-hybridized carbons (Fsp3) is 0.390. The molecule has 4 rings (SSSR count). The lowest BCUT2D eigenvalue weighted by Crippen LogP contribution is -1.87. The van der Waals surface area contributed by atoms with Crippen LogP contribution in [0.2, 0.25) is 0 Å². The number of benzene rings is 4. The van der Waals surface area contributed by atoms with Crippen LogP contribution in [0.3, 0.4) is 0 Å². The van der Waals surface area contributed by atoms with E-state index in [9.17, 15) is 0 Å². The smallest absolute Gasteiger partial charge is 0.0991 e. The number of hydrogen-bond acceptors (Lipinski definition) is 1. The Labute approximate surface area is 256 Å². The van der Waals surface area contributed by atoms with E-state index in [4.69, 9.17) is 5.26 Å². The molecule has 4 aromatic carbocycles. The summed E-state index contributed by atoms with van der Waals surface area (Å²) < 4.78 is 0. The van der Waals surface area contributed by atoms with Crippen LogP contribution in [0.1, 0.15) is 108 Å². The molecule has 0 unspecified atom stereocenters. The molecule has 42 heavy (non-hydrogen) atoms. The van der Waals surface area contributed by atoms with Crippen LogP contribution in [-0.2, 0) is 12.8 Å². The van der Waals surface area contributed by atoms with Crippen molar-refractivity contribution in [2.45, 2.75) is 104 Å². The molecule has 4 aromatic rings. The molecule has 0 spiro atoms. The van der Waals surface area contributed by atoms with E-state index in [1.165, 1.54) is 123 Å². The first-order valence-corrected chi connectivity index (χ1v) is 16.5. The summed E-state index contributed by atoms with van der Waals surface area (Å²) in [5.41, 5.74) is 8.62. The highest BCUT2D eigenvalue weighted by Gasteiger charge is 2.00. The molecule has 0 atom stereocenters. The van der Waals surface area contributed by atoms with Gasteiger partial charge in [0.05, 0.1) is 11.6 Å². The minimum absolute atomic E-state index is 0.712. The van der Waals surface area contributed by atoms with Gasteiger partial charge < -0.3 is 0 Å². The summed E-state index contributed by atoms with van der Waals surface area (Å²) in [6, 6.07) is 38.5. The van der Waals surface area contributed by atoms with Crippen LogP contribution < -0.4 is 0 Å². The lowest BCUT2D eigenvalue weighted by molar-refractivity contribution is 0.607. The maximum atomic E-state index is 8.84. The average molecular weight is 558 g/mol. The van der Waals surface area contributed by atoms with E-state index in [0.717, 1.165) is 0 Å². The van der Waals surface area contributed by atoms with Crippen LogP contribution in [-0.4, -0.2) is 0 Å². The molecule has 0 amide bonds. The van der Waals surface area contributed by atoms with Crippen LogP contribution in [0.15, 0.2) is 103 Å². The normalized spacial score (nSPS) is 10.5. The molecular formula is C41H51N. The van der Waals surface area contributed by atoms with Gasteiger partial charge in [0.2, 0.25) is 0 Å². The quantitative estimate of drug-likeness (QED) is 0.126. The van der Waals surface area contributed by atoms with Crippen LogP contribution in [0.4, 0.5) is 0 Å². The number of nitriles is 1. The summed E-state index contributed by atoms with van der Waals surface area (Å²) in [4.78, 5) is 0. The number of aryl methyl sites for hydroxylation is 2. The first-order chi connectivity index (χ1) is 20.7. The molecule has 0 aliphatic rings. The molecule has 0 aliphatic carbocycles. The van der Waals surface area contributed by atoms with E-state index < -0.39 is 0 Å². The van der Waals surface area contributed by atoms with Crippen LogP contribution in [0, 0.1) is 11.3 Å². The predicted molar refractivity (Wildman–Crippen MR) is 183 cm³/mol. The maximum absolute atomic E-state index is 8.84. The van der Waals surface area contributed by atoms with Gasteiger partial charge in [-0.2, -0.15) is 5.26 Å². The van der Waals surface area contributed by atoms with Crippen molar-refractivity contribution in [2.75, 3.05) is 0 Å². The second-order valence-electron chi connectivity index (χ2n) is 11.5. The monoisotopic (exact) mass is 557 g/mol. The third-order valence-electron chi connectivity index (χ3n) is 8.00. The van der Waals surface area contributed by atoms with E-state index >= 15 is 0 Å². The van der Waals surface area contributed by atoms with Gasteiger partial charge in [-0.25, -0.2) is 0 Å². The number of unbranched alkanes of at least 4 members (excludes halogenated alkanes) is 10. The van der Waals surface area contributed by atoms with Crippen LogP contribution in [0.5, 0.6) is 0 Å². The Kier molecular flexibility index (Phi) is 15.9. The fourth-order valence-electron chi connectivity index (χ4n) is 5.31. The van der Waals surface area contributed by atoms with Gasteiger partial charge >= 0.3 is 0 Å². The minimum Gasteiger partial charge on any atom is -0.192 e. The summed E-state index contributed by atoms with van der Waals surface area (Å²) in [5, 5.41) is 8.84. The Hall–Kier alpha value is -3.63. The molecule has 0 bridgehead atoms. The van der Waals surface area contributed by atoms with Crippen molar-refractivity contribution in [3.63, 3.8) is 0 Å². The van der Waals surface area contributed by atoms with Gasteiger partial charge in [0.15, 0.2) is 0 Å². The van der Waals surface area contributed by atoms with Crippen LogP contribution in [0.25, 0.3) is 22.3 Å². The lowest BCUT2D eigenvalue weighted by atomic mass is 10.00. The van der Waals surface area contributed by atoms with Gasteiger partial charge in [0.25, 0.3) is 0 Å². The lowest BCUT2D eigenvalue weighted by Gasteiger charge is -2.05. The zero-order valence-electron chi connectivity index (χ0n) is 26.2. The van der Waals surface area contributed by atoms with Crippen molar-refractivity contribution in [1.82, 2.24) is 0 Å². The van der Waals surface area contributed by atoms with E-state index in [2.05, 4.69) is 98.8 Å². The zero-order valence-corrected chi connectivity index (χ0v) is 26.2. The van der Waals surface area contributed by atoms with E-state index in [0.29, 0.717) is 5.56 Å². The van der Waals surface area contributed by atoms with Crippen molar-refractivity contribution in [3.8, 4) is 28.3 Å². The molecule has 0 aromatic heterocycles. The third kappa shape index (κ3) is 12.5. The Balaban J connectivity index is 0.000000231. The molecule has 1 nitrogen and oxygen atoms in total. The number of rotatable bonds is 16. The molecule has 0 radical (unpaired) electrons. The minimum atomic E-state index is 0.712. The Bertz CT molecular complexity index is 1260. The van der Waals surface area contributed by atoms with E-state index in [1.54, 1.807) is 0 Å². The average Bonchev–Trinajstić information content (AvgIpc) is 3.06. The van der Waals surface area contributed by atoms with Crippen LogP contribution >= 0.6 is 0 Å². The molecule has 0 fully saturated rings. The second kappa shape index (κ2) is 20.3.